The molecule has 0 atom stereocenters. The van der Waals surface area contributed by atoms with Crippen molar-refractivity contribution in [1.29, 1.82) is 0 Å². The highest BCUT2D eigenvalue weighted by Gasteiger charge is 2.16. The number of nitrogens with zero attached hydrogens (tertiary/aromatic N) is 1. The zero-order valence-corrected chi connectivity index (χ0v) is 11.9. The Kier molecular flexibility index (Phi) is 6.70. The highest BCUT2D eigenvalue weighted by Crippen LogP contribution is 2.06. The molecule has 0 aromatic heterocycles. The fraction of sp³-hybridized carbons (Fsp3) is 0.467. The van der Waals surface area contributed by atoms with E-state index >= 15 is 0 Å². The molecule has 0 aliphatic carbocycles. The van der Waals surface area contributed by atoms with Crippen LogP contribution in [0.25, 0.3) is 0 Å². The summed E-state index contributed by atoms with van der Waals surface area (Å²) < 4.78 is 18.0. The molecule has 1 rings (SSSR count). The first kappa shape index (κ1) is 16.1. The van der Waals surface area contributed by atoms with Gasteiger partial charge in [0.2, 0.25) is 0 Å². The molecule has 0 radical (unpaired) electrons. The van der Waals surface area contributed by atoms with Crippen LogP contribution < -0.4 is 0 Å². The average Bonchev–Trinajstić information content (AvgIpc) is 2.42. The number of amides is 1. The second-order valence-electron chi connectivity index (χ2n) is 4.60. The molecule has 1 aromatic carbocycles. The van der Waals surface area contributed by atoms with Crippen molar-refractivity contribution >= 4 is 11.9 Å². The first-order valence-electron chi connectivity index (χ1n) is 6.71. The molecule has 20 heavy (non-hydrogen) atoms. The molecule has 0 bridgehead atoms. The van der Waals surface area contributed by atoms with Gasteiger partial charge in [0, 0.05) is 12.6 Å². The topological polar surface area (TPSA) is 46.6 Å². The quantitative estimate of drug-likeness (QED) is 0.570. The number of esters is 1. The number of likely N-dealkylation sites (N-methyl/N-ethyl adjacent to an activating group) is 1. The molecule has 0 fully saturated rings. The molecule has 0 saturated carbocycles. The van der Waals surface area contributed by atoms with Crippen LogP contribution in [0.5, 0.6) is 0 Å². The largest absolute Gasteiger partial charge is 0.464 e. The fourth-order valence-corrected chi connectivity index (χ4v) is 1.69. The second kappa shape index (κ2) is 8.30. The van der Waals surface area contributed by atoms with Gasteiger partial charge in [0.15, 0.2) is 0 Å². The molecule has 0 unspecified atom stereocenters. The number of rotatable bonds is 7. The van der Waals surface area contributed by atoms with Gasteiger partial charge in [0.05, 0.1) is 6.61 Å². The Morgan fingerprint density at radius 2 is 2.05 bits per heavy atom. The van der Waals surface area contributed by atoms with E-state index in [1.165, 1.54) is 30.1 Å². The minimum atomic E-state index is -0.480. The van der Waals surface area contributed by atoms with Crippen molar-refractivity contribution in [2.45, 2.75) is 26.2 Å². The zero-order valence-electron chi connectivity index (χ0n) is 11.9. The van der Waals surface area contributed by atoms with Gasteiger partial charge in [-0.3, -0.25) is 9.59 Å². The van der Waals surface area contributed by atoms with Crippen molar-refractivity contribution < 1.29 is 18.7 Å². The third-order valence-corrected chi connectivity index (χ3v) is 2.80. The molecule has 0 saturated heterocycles. The molecule has 1 amide bonds. The Hall–Kier alpha value is -1.91. The van der Waals surface area contributed by atoms with Crippen molar-refractivity contribution in [2.75, 3.05) is 20.2 Å². The van der Waals surface area contributed by atoms with Crippen LogP contribution in [0.3, 0.4) is 0 Å². The van der Waals surface area contributed by atoms with Crippen molar-refractivity contribution in [1.82, 2.24) is 4.90 Å². The zero-order chi connectivity index (χ0) is 15.0. The molecule has 0 aliphatic heterocycles. The Morgan fingerprint density at radius 1 is 1.30 bits per heavy atom. The molecule has 5 heteroatoms. The van der Waals surface area contributed by atoms with Gasteiger partial charge in [-0.15, -0.1) is 0 Å². The summed E-state index contributed by atoms with van der Waals surface area (Å²) in [4.78, 5) is 24.7. The van der Waals surface area contributed by atoms with Gasteiger partial charge in [0.1, 0.15) is 12.4 Å². The Balaban J connectivity index is 2.43. The van der Waals surface area contributed by atoms with Crippen LogP contribution in [0.2, 0.25) is 0 Å². The lowest BCUT2D eigenvalue weighted by Crippen LogP contribution is -2.33. The molecule has 0 spiro atoms. The standard InChI is InChI=1S/C15H20FNO3/c1-3-4-5-9-20-14(18)11-17(2)15(19)12-7-6-8-13(16)10-12/h6-8,10H,3-5,9,11H2,1-2H3. The number of unbranched alkanes of at least 4 members (excludes halogenated alkanes) is 2. The van der Waals surface area contributed by atoms with Crippen LogP contribution >= 0.6 is 0 Å². The molecule has 0 heterocycles. The van der Waals surface area contributed by atoms with Crippen LogP contribution in [-0.4, -0.2) is 37.0 Å². The van der Waals surface area contributed by atoms with E-state index in [9.17, 15) is 14.0 Å². The molecule has 110 valence electrons. The van der Waals surface area contributed by atoms with E-state index in [4.69, 9.17) is 4.74 Å². The van der Waals surface area contributed by atoms with Gasteiger partial charge in [-0.25, -0.2) is 4.39 Å². The molecular weight excluding hydrogens is 261 g/mol. The van der Waals surface area contributed by atoms with Crippen LogP contribution in [0.1, 0.15) is 36.5 Å². The summed E-state index contributed by atoms with van der Waals surface area (Å²) in [6, 6.07) is 5.37. The van der Waals surface area contributed by atoms with E-state index in [0.29, 0.717) is 6.61 Å². The number of carbonyl (C=O) groups is 2. The van der Waals surface area contributed by atoms with E-state index in [-0.39, 0.29) is 12.1 Å². The van der Waals surface area contributed by atoms with E-state index in [2.05, 4.69) is 6.92 Å². The van der Waals surface area contributed by atoms with E-state index in [0.717, 1.165) is 25.3 Å². The van der Waals surface area contributed by atoms with Gasteiger partial charge < -0.3 is 9.64 Å². The highest BCUT2D eigenvalue weighted by molar-refractivity contribution is 5.95. The first-order valence-corrected chi connectivity index (χ1v) is 6.71. The van der Waals surface area contributed by atoms with Crippen LogP contribution in [0.15, 0.2) is 24.3 Å². The normalized spacial score (nSPS) is 10.2. The summed E-state index contributed by atoms with van der Waals surface area (Å²) in [5.74, 6) is -1.34. The first-order chi connectivity index (χ1) is 9.54. The number of halogens is 1. The minimum absolute atomic E-state index is 0.137. The summed E-state index contributed by atoms with van der Waals surface area (Å²) in [6.45, 7) is 2.30. The molecule has 1 aromatic rings. The van der Waals surface area contributed by atoms with Crippen LogP contribution in [0, 0.1) is 5.82 Å². The van der Waals surface area contributed by atoms with Gasteiger partial charge in [-0.05, 0) is 24.6 Å². The lowest BCUT2D eigenvalue weighted by Gasteiger charge is -2.16. The van der Waals surface area contributed by atoms with Crippen molar-refractivity contribution in [3.63, 3.8) is 0 Å². The molecule has 4 nitrogen and oxygen atoms in total. The third-order valence-electron chi connectivity index (χ3n) is 2.80. The molecular formula is C15H20FNO3. The Bertz CT molecular complexity index is 462. The Morgan fingerprint density at radius 3 is 2.70 bits per heavy atom. The van der Waals surface area contributed by atoms with Crippen LogP contribution in [-0.2, 0) is 9.53 Å². The predicted molar refractivity (Wildman–Crippen MR) is 73.8 cm³/mol. The summed E-state index contributed by atoms with van der Waals surface area (Å²) >= 11 is 0. The number of hydrogen-bond acceptors (Lipinski definition) is 3. The number of carbonyl (C=O) groups excluding carboxylic acids is 2. The maximum atomic E-state index is 13.0. The monoisotopic (exact) mass is 281 g/mol. The van der Waals surface area contributed by atoms with Gasteiger partial charge >= 0.3 is 5.97 Å². The SMILES string of the molecule is CCCCCOC(=O)CN(C)C(=O)c1cccc(F)c1. The lowest BCUT2D eigenvalue weighted by molar-refractivity contribution is -0.144. The third kappa shape index (κ3) is 5.38. The minimum Gasteiger partial charge on any atom is -0.464 e. The van der Waals surface area contributed by atoms with E-state index in [1.807, 2.05) is 0 Å². The van der Waals surface area contributed by atoms with Gasteiger partial charge in [0.25, 0.3) is 5.91 Å². The number of ether oxygens (including phenoxy) is 1. The maximum absolute atomic E-state index is 13.0. The van der Waals surface area contributed by atoms with Gasteiger partial charge in [-0.2, -0.15) is 0 Å². The van der Waals surface area contributed by atoms with Crippen LogP contribution in [0.4, 0.5) is 4.39 Å². The summed E-state index contributed by atoms with van der Waals surface area (Å²) in [5, 5.41) is 0. The van der Waals surface area contributed by atoms with Crippen molar-refractivity contribution in [3.05, 3.63) is 35.6 Å². The second-order valence-corrected chi connectivity index (χ2v) is 4.60. The maximum Gasteiger partial charge on any atom is 0.325 e. The summed E-state index contributed by atoms with van der Waals surface area (Å²) in [6.07, 6.45) is 2.88. The lowest BCUT2D eigenvalue weighted by atomic mass is 10.2. The van der Waals surface area contributed by atoms with Crippen molar-refractivity contribution in [3.8, 4) is 0 Å². The average molecular weight is 281 g/mol. The smallest absolute Gasteiger partial charge is 0.325 e. The molecule has 0 aliphatic rings. The molecule has 0 N–H and O–H groups in total. The number of benzene rings is 1. The Labute approximate surface area is 118 Å². The highest BCUT2D eigenvalue weighted by atomic mass is 19.1. The predicted octanol–water partition coefficient (Wildman–Crippen LogP) is 2.63. The number of hydrogen-bond donors (Lipinski definition) is 0. The van der Waals surface area contributed by atoms with E-state index < -0.39 is 17.7 Å². The van der Waals surface area contributed by atoms with Crippen molar-refractivity contribution in [2.24, 2.45) is 0 Å². The summed E-state index contributed by atoms with van der Waals surface area (Å²) in [7, 11) is 1.49. The fourth-order valence-electron chi connectivity index (χ4n) is 1.69. The van der Waals surface area contributed by atoms with E-state index in [1.54, 1.807) is 0 Å². The summed E-state index contributed by atoms with van der Waals surface area (Å²) in [5.41, 5.74) is 0.214. The van der Waals surface area contributed by atoms with Gasteiger partial charge in [-0.1, -0.05) is 25.8 Å².